The first-order chi connectivity index (χ1) is 11.7. The van der Waals surface area contributed by atoms with Gasteiger partial charge in [-0.3, -0.25) is 9.59 Å². The van der Waals surface area contributed by atoms with Crippen LogP contribution in [0.25, 0.3) is 0 Å². The topological polar surface area (TPSA) is 58.6 Å². The lowest BCUT2D eigenvalue weighted by Gasteiger charge is -2.33. The minimum absolute atomic E-state index is 0.0359. The Morgan fingerprint density at radius 1 is 1.25 bits per heavy atom. The molecule has 1 aliphatic heterocycles. The number of likely N-dealkylation sites (tertiary alicyclic amines) is 1. The largest absolute Gasteiger partial charge is 0.469 e. The van der Waals surface area contributed by atoms with Crippen LogP contribution in [-0.4, -0.2) is 49.6 Å². The molecule has 2 rings (SSSR count). The van der Waals surface area contributed by atoms with Crippen LogP contribution < -0.4 is 5.32 Å². The Hall–Kier alpha value is -1.88. The molecule has 1 N–H and O–H groups in total. The van der Waals surface area contributed by atoms with Crippen molar-refractivity contribution < 1.29 is 14.3 Å². The van der Waals surface area contributed by atoms with Gasteiger partial charge < -0.3 is 15.0 Å². The summed E-state index contributed by atoms with van der Waals surface area (Å²) in [7, 11) is 1.37. The van der Waals surface area contributed by atoms with Crippen LogP contribution in [0.2, 0.25) is 0 Å². The zero-order valence-electron chi connectivity index (χ0n) is 14.5. The summed E-state index contributed by atoms with van der Waals surface area (Å²) in [5.74, 6) is -0.221. The van der Waals surface area contributed by atoms with Crippen molar-refractivity contribution in [3.63, 3.8) is 0 Å². The third-order valence-corrected chi connectivity index (χ3v) is 4.44. The highest BCUT2D eigenvalue weighted by atomic mass is 16.5. The number of nitrogens with one attached hydrogen (secondary N) is 1. The standard InChI is InChI=1S/C19H28N2O3/c1-24-19(23)11-5-10-18(22)20-17-9-6-13-21(15-17)14-12-16-7-3-2-4-8-16/h2-4,7-8,17H,5-6,9-15H2,1H3,(H,20,22)/t17-/m0/s1. The smallest absolute Gasteiger partial charge is 0.305 e. The van der Waals surface area contributed by atoms with Gasteiger partial charge in [0.1, 0.15) is 0 Å². The molecule has 0 bridgehead atoms. The first-order valence-corrected chi connectivity index (χ1v) is 8.80. The van der Waals surface area contributed by atoms with Crippen molar-refractivity contribution in [3.8, 4) is 0 Å². The van der Waals surface area contributed by atoms with E-state index in [1.54, 1.807) is 0 Å². The van der Waals surface area contributed by atoms with E-state index in [0.29, 0.717) is 19.3 Å². The molecule has 0 unspecified atom stereocenters. The average molecular weight is 332 g/mol. The molecule has 5 nitrogen and oxygen atoms in total. The normalized spacial score (nSPS) is 18.1. The van der Waals surface area contributed by atoms with Crippen molar-refractivity contribution in [2.75, 3.05) is 26.7 Å². The number of hydrogen-bond donors (Lipinski definition) is 1. The number of carbonyl (C=O) groups excluding carboxylic acids is 2. The molecule has 1 aliphatic rings. The van der Waals surface area contributed by atoms with E-state index in [0.717, 1.165) is 38.9 Å². The molecular formula is C19H28N2O3. The molecule has 132 valence electrons. The van der Waals surface area contributed by atoms with Crippen molar-refractivity contribution in [1.82, 2.24) is 10.2 Å². The lowest BCUT2D eigenvalue weighted by atomic mass is 10.0. The summed E-state index contributed by atoms with van der Waals surface area (Å²) < 4.78 is 4.58. The fraction of sp³-hybridized carbons (Fsp3) is 0.579. The summed E-state index contributed by atoms with van der Waals surface area (Å²) in [5, 5.41) is 3.11. The van der Waals surface area contributed by atoms with E-state index in [9.17, 15) is 9.59 Å². The number of carbonyl (C=O) groups is 2. The van der Waals surface area contributed by atoms with Gasteiger partial charge >= 0.3 is 5.97 Å². The number of piperidine rings is 1. The van der Waals surface area contributed by atoms with E-state index in [-0.39, 0.29) is 17.9 Å². The fourth-order valence-corrected chi connectivity index (χ4v) is 3.10. The Morgan fingerprint density at radius 3 is 2.79 bits per heavy atom. The van der Waals surface area contributed by atoms with Crippen molar-refractivity contribution in [2.45, 2.75) is 44.6 Å². The van der Waals surface area contributed by atoms with Crippen LogP contribution in [0.1, 0.15) is 37.7 Å². The molecule has 1 aromatic carbocycles. The van der Waals surface area contributed by atoms with E-state index < -0.39 is 0 Å². The molecular weight excluding hydrogens is 304 g/mol. The van der Waals surface area contributed by atoms with Crippen LogP contribution in [0.5, 0.6) is 0 Å². The first-order valence-electron chi connectivity index (χ1n) is 8.80. The van der Waals surface area contributed by atoms with Gasteiger partial charge in [0.25, 0.3) is 0 Å². The van der Waals surface area contributed by atoms with E-state index >= 15 is 0 Å². The summed E-state index contributed by atoms with van der Waals surface area (Å²) in [6.07, 6.45) is 4.42. The predicted octanol–water partition coefficient (Wildman–Crippen LogP) is 2.15. The van der Waals surface area contributed by atoms with E-state index in [2.05, 4.69) is 39.2 Å². The van der Waals surface area contributed by atoms with Gasteiger partial charge in [0.2, 0.25) is 5.91 Å². The maximum Gasteiger partial charge on any atom is 0.305 e. The minimum atomic E-state index is -0.257. The molecule has 1 fully saturated rings. The summed E-state index contributed by atoms with van der Waals surface area (Å²) in [6, 6.07) is 10.7. The van der Waals surface area contributed by atoms with Crippen LogP contribution in [0, 0.1) is 0 Å². The van der Waals surface area contributed by atoms with Gasteiger partial charge in [-0.15, -0.1) is 0 Å². The maximum atomic E-state index is 12.0. The monoisotopic (exact) mass is 332 g/mol. The lowest BCUT2D eigenvalue weighted by Crippen LogP contribution is -2.48. The van der Waals surface area contributed by atoms with Gasteiger partial charge in [-0.2, -0.15) is 0 Å². The Kier molecular flexibility index (Phi) is 7.75. The quantitative estimate of drug-likeness (QED) is 0.741. The Labute approximate surface area is 144 Å². The molecule has 0 aliphatic carbocycles. The fourth-order valence-electron chi connectivity index (χ4n) is 3.10. The second kappa shape index (κ2) is 10.1. The van der Waals surface area contributed by atoms with Gasteiger partial charge in [0.05, 0.1) is 7.11 Å². The number of amides is 1. The number of methoxy groups -OCH3 is 1. The number of benzene rings is 1. The molecule has 1 aromatic rings. The molecule has 1 atom stereocenters. The van der Waals surface area contributed by atoms with Crippen molar-refractivity contribution in [3.05, 3.63) is 35.9 Å². The molecule has 1 amide bonds. The highest BCUT2D eigenvalue weighted by molar-refractivity contribution is 5.77. The number of nitrogens with zero attached hydrogens (tertiary/aromatic N) is 1. The third-order valence-electron chi connectivity index (χ3n) is 4.44. The molecule has 0 radical (unpaired) electrons. The Bertz CT molecular complexity index is 519. The molecule has 0 aromatic heterocycles. The molecule has 0 saturated carbocycles. The highest BCUT2D eigenvalue weighted by Gasteiger charge is 2.21. The van der Waals surface area contributed by atoms with Crippen LogP contribution >= 0.6 is 0 Å². The Morgan fingerprint density at radius 2 is 2.04 bits per heavy atom. The summed E-state index contributed by atoms with van der Waals surface area (Å²) in [4.78, 5) is 25.5. The predicted molar refractivity (Wildman–Crippen MR) is 93.6 cm³/mol. The Balaban J connectivity index is 1.66. The average Bonchev–Trinajstić information content (AvgIpc) is 2.61. The van der Waals surface area contributed by atoms with E-state index in [4.69, 9.17) is 0 Å². The number of rotatable bonds is 8. The second-order valence-corrected chi connectivity index (χ2v) is 6.37. The zero-order chi connectivity index (χ0) is 17.2. The SMILES string of the molecule is COC(=O)CCCC(=O)N[C@H]1CCCN(CCc2ccccc2)C1. The third kappa shape index (κ3) is 6.71. The van der Waals surface area contributed by atoms with E-state index in [1.165, 1.54) is 12.7 Å². The van der Waals surface area contributed by atoms with Gasteiger partial charge in [0, 0.05) is 32.0 Å². The van der Waals surface area contributed by atoms with Crippen LogP contribution in [0.15, 0.2) is 30.3 Å². The van der Waals surface area contributed by atoms with Gasteiger partial charge in [-0.05, 0) is 37.8 Å². The number of esters is 1. The van der Waals surface area contributed by atoms with Crippen molar-refractivity contribution in [1.29, 1.82) is 0 Å². The van der Waals surface area contributed by atoms with Crippen LogP contribution in [-0.2, 0) is 20.7 Å². The molecule has 5 heteroatoms. The lowest BCUT2D eigenvalue weighted by molar-refractivity contribution is -0.140. The van der Waals surface area contributed by atoms with E-state index in [1.807, 2.05) is 6.07 Å². The molecule has 24 heavy (non-hydrogen) atoms. The highest BCUT2D eigenvalue weighted by Crippen LogP contribution is 2.12. The molecule has 1 saturated heterocycles. The molecule has 1 heterocycles. The summed E-state index contributed by atoms with van der Waals surface area (Å²) in [5.41, 5.74) is 1.35. The number of hydrogen-bond acceptors (Lipinski definition) is 4. The van der Waals surface area contributed by atoms with Crippen molar-refractivity contribution in [2.24, 2.45) is 0 Å². The summed E-state index contributed by atoms with van der Waals surface area (Å²) >= 11 is 0. The minimum Gasteiger partial charge on any atom is -0.469 e. The van der Waals surface area contributed by atoms with Gasteiger partial charge in [-0.1, -0.05) is 30.3 Å². The second-order valence-electron chi connectivity index (χ2n) is 6.37. The van der Waals surface area contributed by atoms with Crippen LogP contribution in [0.3, 0.4) is 0 Å². The maximum absolute atomic E-state index is 12.0. The zero-order valence-corrected chi connectivity index (χ0v) is 14.5. The van der Waals surface area contributed by atoms with Crippen LogP contribution in [0.4, 0.5) is 0 Å². The summed E-state index contributed by atoms with van der Waals surface area (Å²) in [6.45, 7) is 3.04. The molecule has 0 spiro atoms. The number of ether oxygens (including phenoxy) is 1. The first kappa shape index (κ1) is 18.5. The van der Waals surface area contributed by atoms with Gasteiger partial charge in [-0.25, -0.2) is 0 Å². The van der Waals surface area contributed by atoms with Gasteiger partial charge in [0.15, 0.2) is 0 Å². The van der Waals surface area contributed by atoms with Crippen molar-refractivity contribution >= 4 is 11.9 Å².